The van der Waals surface area contributed by atoms with Gasteiger partial charge in [0, 0.05) is 36.8 Å². The summed E-state index contributed by atoms with van der Waals surface area (Å²) in [6.07, 6.45) is 11.1. The van der Waals surface area contributed by atoms with Crippen molar-refractivity contribution < 1.29 is 9.59 Å². The summed E-state index contributed by atoms with van der Waals surface area (Å²) in [5.41, 5.74) is 3.25. The van der Waals surface area contributed by atoms with Gasteiger partial charge in [-0.2, -0.15) is 0 Å². The van der Waals surface area contributed by atoms with Crippen LogP contribution < -0.4 is 0 Å². The van der Waals surface area contributed by atoms with E-state index in [2.05, 4.69) is 29.7 Å². The predicted molar refractivity (Wildman–Crippen MR) is 146 cm³/mol. The molecule has 1 saturated carbocycles. The minimum absolute atomic E-state index is 0.0137. The van der Waals surface area contributed by atoms with Crippen LogP contribution >= 0.6 is 24.0 Å². The van der Waals surface area contributed by atoms with Crippen molar-refractivity contribution in [1.29, 1.82) is 0 Å². The number of para-hydroxylation sites is 1. The minimum Gasteiger partial charge on any atom is -0.342 e. The largest absolute Gasteiger partial charge is 0.342 e. The number of thiocarbonyl (C=S) groups is 1. The van der Waals surface area contributed by atoms with Gasteiger partial charge in [0.25, 0.3) is 5.91 Å². The molecule has 2 amide bonds. The van der Waals surface area contributed by atoms with Crippen LogP contribution in [0.4, 0.5) is 0 Å². The number of nitrogens with zero attached hydrogens (tertiary/aromatic N) is 3. The first-order chi connectivity index (χ1) is 16.5. The van der Waals surface area contributed by atoms with Gasteiger partial charge < -0.3 is 9.47 Å². The van der Waals surface area contributed by atoms with Crippen molar-refractivity contribution >= 4 is 57.1 Å². The van der Waals surface area contributed by atoms with Crippen molar-refractivity contribution in [2.24, 2.45) is 5.92 Å². The highest BCUT2D eigenvalue weighted by atomic mass is 32.2. The van der Waals surface area contributed by atoms with E-state index in [4.69, 9.17) is 12.2 Å². The maximum Gasteiger partial charge on any atom is 0.266 e. The van der Waals surface area contributed by atoms with Gasteiger partial charge in [-0.3, -0.25) is 14.5 Å². The van der Waals surface area contributed by atoms with Gasteiger partial charge >= 0.3 is 0 Å². The number of fused-ring (bicyclic) bond motifs is 1. The van der Waals surface area contributed by atoms with Crippen LogP contribution in [0.1, 0.15) is 64.0 Å². The Balaban J connectivity index is 1.63. The summed E-state index contributed by atoms with van der Waals surface area (Å²) < 4.78 is 2.71. The molecule has 0 bridgehead atoms. The molecule has 5 nitrogen and oxygen atoms in total. The summed E-state index contributed by atoms with van der Waals surface area (Å²) in [5, 5.41) is 1.07. The second-order valence-electron chi connectivity index (χ2n) is 9.22. The zero-order chi connectivity index (χ0) is 24.2. The van der Waals surface area contributed by atoms with Gasteiger partial charge in [0.15, 0.2) is 0 Å². The van der Waals surface area contributed by atoms with Gasteiger partial charge in [-0.1, -0.05) is 74.8 Å². The van der Waals surface area contributed by atoms with Gasteiger partial charge in [0.1, 0.15) is 10.9 Å². The first kappa shape index (κ1) is 25.0. The highest BCUT2D eigenvalue weighted by Crippen LogP contribution is 2.36. The third-order valence-corrected chi connectivity index (χ3v) is 8.59. The van der Waals surface area contributed by atoms with Crippen LogP contribution in [-0.2, 0) is 22.6 Å². The van der Waals surface area contributed by atoms with Crippen molar-refractivity contribution in [1.82, 2.24) is 14.4 Å². The average molecular weight is 498 g/mol. The van der Waals surface area contributed by atoms with E-state index in [9.17, 15) is 9.59 Å². The number of aryl methyl sites for hydroxylation is 1. The molecule has 1 aromatic carbocycles. The molecule has 2 aliphatic rings. The fourth-order valence-electron chi connectivity index (χ4n) is 5.26. The fourth-order valence-corrected chi connectivity index (χ4v) is 6.56. The van der Waals surface area contributed by atoms with Crippen molar-refractivity contribution in [2.45, 2.75) is 65.8 Å². The minimum atomic E-state index is 0.0137. The number of likely N-dealkylation sites (N-methyl/N-ethyl adjacent to an activating group) is 1. The summed E-state index contributed by atoms with van der Waals surface area (Å²) in [6.45, 7) is 8.56. The average Bonchev–Trinajstić information content (AvgIpc) is 3.53. The van der Waals surface area contributed by atoms with Crippen LogP contribution in [0.3, 0.4) is 0 Å². The Bertz CT molecular complexity index is 1110. The van der Waals surface area contributed by atoms with E-state index in [0.717, 1.165) is 35.2 Å². The number of carbonyl (C=O) groups excluding carboxylic acids is 2. The van der Waals surface area contributed by atoms with E-state index in [-0.39, 0.29) is 11.8 Å². The lowest BCUT2D eigenvalue weighted by atomic mass is 10.0. The molecule has 34 heavy (non-hydrogen) atoms. The van der Waals surface area contributed by atoms with Crippen molar-refractivity contribution in [3.05, 3.63) is 40.4 Å². The van der Waals surface area contributed by atoms with Gasteiger partial charge in [-0.05, 0) is 44.2 Å². The molecule has 1 aliphatic carbocycles. The Morgan fingerprint density at radius 1 is 1.21 bits per heavy atom. The first-order valence-electron chi connectivity index (χ1n) is 12.6. The normalized spacial score (nSPS) is 18.1. The Labute approximate surface area is 212 Å². The Morgan fingerprint density at radius 2 is 1.94 bits per heavy atom. The molecule has 1 aliphatic heterocycles. The lowest BCUT2D eigenvalue weighted by Gasteiger charge is -2.19. The highest BCUT2D eigenvalue weighted by Gasteiger charge is 2.32. The van der Waals surface area contributed by atoms with Gasteiger partial charge in [-0.25, -0.2) is 0 Å². The SMILES string of the molecule is CCc1cccc2c(/C=C3\SC(=S)N(CCC4CCCC4)C3=O)cn(CC(=O)N(CC)CC)c12. The molecule has 0 N–H and O–H groups in total. The number of amides is 2. The number of benzene rings is 1. The summed E-state index contributed by atoms with van der Waals surface area (Å²) >= 11 is 6.97. The monoisotopic (exact) mass is 497 g/mol. The van der Waals surface area contributed by atoms with E-state index in [1.165, 1.54) is 43.0 Å². The van der Waals surface area contributed by atoms with Crippen LogP contribution in [0, 0.1) is 5.92 Å². The number of carbonyl (C=O) groups is 2. The van der Waals surface area contributed by atoms with Crippen molar-refractivity contribution in [3.8, 4) is 0 Å². The smallest absolute Gasteiger partial charge is 0.266 e. The molecule has 0 spiro atoms. The molecule has 0 radical (unpaired) electrons. The summed E-state index contributed by atoms with van der Waals surface area (Å²) in [4.78, 5) is 30.4. The zero-order valence-corrected chi connectivity index (χ0v) is 22.1. The van der Waals surface area contributed by atoms with E-state index in [0.29, 0.717) is 35.4 Å². The highest BCUT2D eigenvalue weighted by molar-refractivity contribution is 8.26. The molecule has 2 aromatic rings. The number of rotatable bonds is 9. The summed E-state index contributed by atoms with van der Waals surface area (Å²) in [7, 11) is 0. The van der Waals surface area contributed by atoms with E-state index >= 15 is 0 Å². The van der Waals surface area contributed by atoms with Gasteiger partial charge in [0.2, 0.25) is 5.91 Å². The van der Waals surface area contributed by atoms with Crippen LogP contribution in [0.2, 0.25) is 0 Å². The molecule has 0 unspecified atom stereocenters. The number of thioether (sulfide) groups is 1. The molecule has 2 fully saturated rings. The maximum absolute atomic E-state index is 13.2. The lowest BCUT2D eigenvalue weighted by Crippen LogP contribution is -2.33. The first-order valence-corrected chi connectivity index (χ1v) is 13.8. The summed E-state index contributed by atoms with van der Waals surface area (Å²) in [6, 6.07) is 6.26. The lowest BCUT2D eigenvalue weighted by molar-refractivity contribution is -0.131. The molecule has 7 heteroatoms. The maximum atomic E-state index is 13.2. The molecule has 4 rings (SSSR count). The molecule has 1 aromatic heterocycles. The topological polar surface area (TPSA) is 45.6 Å². The third-order valence-electron chi connectivity index (χ3n) is 7.21. The van der Waals surface area contributed by atoms with Gasteiger partial charge in [-0.15, -0.1) is 0 Å². The van der Waals surface area contributed by atoms with Crippen LogP contribution in [0.15, 0.2) is 29.3 Å². The molecule has 1 saturated heterocycles. The van der Waals surface area contributed by atoms with E-state index < -0.39 is 0 Å². The number of aromatic nitrogens is 1. The fraction of sp³-hybridized carbons (Fsp3) is 0.519. The van der Waals surface area contributed by atoms with E-state index in [1.54, 1.807) is 4.90 Å². The third kappa shape index (κ3) is 5.10. The van der Waals surface area contributed by atoms with Crippen LogP contribution in [-0.4, -0.2) is 50.1 Å². The predicted octanol–water partition coefficient (Wildman–Crippen LogP) is 5.85. The van der Waals surface area contributed by atoms with Crippen molar-refractivity contribution in [3.63, 3.8) is 0 Å². The van der Waals surface area contributed by atoms with Crippen molar-refractivity contribution in [2.75, 3.05) is 19.6 Å². The Kier molecular flexibility index (Phi) is 8.14. The number of hydrogen-bond acceptors (Lipinski definition) is 4. The molecular weight excluding hydrogens is 462 g/mol. The Hall–Kier alpha value is -2.12. The summed E-state index contributed by atoms with van der Waals surface area (Å²) in [5.74, 6) is 0.847. The number of hydrogen-bond donors (Lipinski definition) is 0. The second-order valence-corrected chi connectivity index (χ2v) is 10.9. The molecule has 2 heterocycles. The molecule has 0 atom stereocenters. The zero-order valence-electron chi connectivity index (χ0n) is 20.5. The van der Waals surface area contributed by atoms with E-state index in [1.807, 2.05) is 31.0 Å². The molecule has 182 valence electrons. The molecular formula is C27H35N3O2S2. The van der Waals surface area contributed by atoms with Crippen LogP contribution in [0.25, 0.3) is 17.0 Å². The van der Waals surface area contributed by atoms with Crippen LogP contribution in [0.5, 0.6) is 0 Å². The quantitative estimate of drug-likeness (QED) is 0.322. The second kappa shape index (κ2) is 11.1. The Morgan fingerprint density at radius 3 is 2.62 bits per heavy atom. The standard InChI is InChI=1S/C27H35N3O2S2/c1-4-20-12-9-13-22-21(17-29(25(20)22)18-24(31)28(5-2)6-3)16-23-26(32)30(27(33)34-23)15-14-19-10-7-8-11-19/h9,12-13,16-17,19H,4-8,10-11,14-15,18H2,1-3H3/b23-16-. The van der Waals surface area contributed by atoms with Gasteiger partial charge in [0.05, 0.1) is 10.4 Å².